The van der Waals surface area contributed by atoms with E-state index in [0.29, 0.717) is 6.54 Å². The zero-order chi connectivity index (χ0) is 9.52. The third-order valence-electron chi connectivity index (χ3n) is 1.80. The average Bonchev–Trinajstić information content (AvgIpc) is 2.13. The van der Waals surface area contributed by atoms with Gasteiger partial charge in [0.2, 0.25) is 0 Å². The summed E-state index contributed by atoms with van der Waals surface area (Å²) in [6.07, 6.45) is 1.06. The van der Waals surface area contributed by atoms with E-state index >= 15 is 0 Å². The molecular weight excluding hydrogens is 228 g/mol. The Kier molecular flexibility index (Phi) is 5.05. The highest BCUT2D eigenvalue weighted by Crippen LogP contribution is 2.11. The van der Waals surface area contributed by atoms with Gasteiger partial charge >= 0.3 is 0 Å². The van der Waals surface area contributed by atoms with E-state index in [4.69, 9.17) is 5.73 Å². The van der Waals surface area contributed by atoms with Crippen molar-refractivity contribution in [3.8, 4) is 0 Å². The van der Waals surface area contributed by atoms with Gasteiger partial charge in [-0.1, -0.05) is 28.1 Å². The van der Waals surface area contributed by atoms with Crippen LogP contribution in [0.15, 0.2) is 28.7 Å². The first-order valence-corrected chi connectivity index (χ1v) is 5.27. The van der Waals surface area contributed by atoms with Gasteiger partial charge in [0.05, 0.1) is 0 Å². The van der Waals surface area contributed by atoms with Crippen LogP contribution in [0.4, 0.5) is 0 Å². The van der Waals surface area contributed by atoms with Gasteiger partial charge in [-0.15, -0.1) is 0 Å². The van der Waals surface area contributed by atoms with Gasteiger partial charge in [-0.3, -0.25) is 0 Å². The van der Waals surface area contributed by atoms with Gasteiger partial charge in [-0.2, -0.15) is 0 Å². The smallest absolute Gasteiger partial charge is 0.0178 e. The normalized spacial score (nSPS) is 10.3. The molecule has 0 atom stereocenters. The van der Waals surface area contributed by atoms with E-state index in [-0.39, 0.29) is 0 Å². The van der Waals surface area contributed by atoms with Crippen molar-refractivity contribution < 1.29 is 0 Å². The molecule has 0 aromatic heterocycles. The van der Waals surface area contributed by atoms with Gasteiger partial charge in [-0.05, 0) is 30.7 Å². The van der Waals surface area contributed by atoms with Crippen LogP contribution in [-0.4, -0.2) is 19.6 Å². The van der Waals surface area contributed by atoms with Crippen molar-refractivity contribution in [2.24, 2.45) is 5.73 Å². The Bertz CT molecular complexity index is 250. The Morgan fingerprint density at radius 1 is 1.31 bits per heavy atom. The maximum Gasteiger partial charge on any atom is 0.0178 e. The van der Waals surface area contributed by atoms with Crippen LogP contribution in [0.1, 0.15) is 5.56 Å². The minimum Gasteiger partial charge on any atom is -0.329 e. The minimum atomic E-state index is 0.707. The fourth-order valence-corrected chi connectivity index (χ4v) is 1.60. The van der Waals surface area contributed by atoms with E-state index in [9.17, 15) is 0 Å². The summed E-state index contributed by atoms with van der Waals surface area (Å²) < 4.78 is 1.14. The number of rotatable bonds is 5. The molecule has 0 aliphatic heterocycles. The summed E-state index contributed by atoms with van der Waals surface area (Å²) >= 11 is 3.44. The van der Waals surface area contributed by atoms with Gasteiger partial charge < -0.3 is 11.1 Å². The molecular formula is C10H15BrN2. The van der Waals surface area contributed by atoms with Gasteiger partial charge in [0.1, 0.15) is 0 Å². The van der Waals surface area contributed by atoms with Crippen molar-refractivity contribution >= 4 is 15.9 Å². The molecule has 0 fully saturated rings. The molecule has 1 aromatic rings. The SMILES string of the molecule is NCCNCCc1cccc(Br)c1. The molecule has 3 heteroatoms. The second kappa shape index (κ2) is 6.13. The molecule has 0 saturated carbocycles. The summed E-state index contributed by atoms with van der Waals surface area (Å²) in [5, 5.41) is 3.26. The highest BCUT2D eigenvalue weighted by atomic mass is 79.9. The van der Waals surface area contributed by atoms with Crippen LogP contribution in [0.2, 0.25) is 0 Å². The topological polar surface area (TPSA) is 38.0 Å². The van der Waals surface area contributed by atoms with Gasteiger partial charge in [0, 0.05) is 17.6 Å². The van der Waals surface area contributed by atoms with E-state index in [1.165, 1.54) is 5.56 Å². The predicted octanol–water partition coefficient (Wildman–Crippen LogP) is 1.54. The summed E-state index contributed by atoms with van der Waals surface area (Å²) in [6, 6.07) is 8.37. The van der Waals surface area contributed by atoms with Crippen LogP contribution < -0.4 is 11.1 Å². The molecule has 0 aliphatic carbocycles. The number of nitrogens with two attached hydrogens (primary N) is 1. The molecule has 0 radical (unpaired) electrons. The number of benzene rings is 1. The lowest BCUT2D eigenvalue weighted by atomic mass is 10.1. The van der Waals surface area contributed by atoms with Gasteiger partial charge in [-0.25, -0.2) is 0 Å². The molecule has 0 amide bonds. The molecule has 72 valence electrons. The molecule has 0 aliphatic rings. The third-order valence-corrected chi connectivity index (χ3v) is 2.29. The highest BCUT2D eigenvalue weighted by Gasteiger charge is 1.92. The molecule has 13 heavy (non-hydrogen) atoms. The minimum absolute atomic E-state index is 0.707. The monoisotopic (exact) mass is 242 g/mol. The van der Waals surface area contributed by atoms with Gasteiger partial charge in [0.15, 0.2) is 0 Å². The quantitative estimate of drug-likeness (QED) is 0.770. The maximum atomic E-state index is 5.36. The Morgan fingerprint density at radius 2 is 2.15 bits per heavy atom. The Hall–Kier alpha value is -0.380. The van der Waals surface area contributed by atoms with Crippen molar-refractivity contribution in [1.29, 1.82) is 0 Å². The molecule has 1 aromatic carbocycles. The van der Waals surface area contributed by atoms with Gasteiger partial charge in [0.25, 0.3) is 0 Å². The van der Waals surface area contributed by atoms with E-state index in [0.717, 1.165) is 24.0 Å². The number of halogens is 1. The van der Waals surface area contributed by atoms with E-state index < -0.39 is 0 Å². The molecule has 0 saturated heterocycles. The van der Waals surface area contributed by atoms with Crippen LogP contribution in [-0.2, 0) is 6.42 Å². The highest BCUT2D eigenvalue weighted by molar-refractivity contribution is 9.10. The van der Waals surface area contributed by atoms with E-state index in [1.807, 2.05) is 6.07 Å². The van der Waals surface area contributed by atoms with Crippen LogP contribution in [0.3, 0.4) is 0 Å². The fourth-order valence-electron chi connectivity index (χ4n) is 1.15. The number of nitrogens with one attached hydrogen (secondary N) is 1. The molecule has 1 rings (SSSR count). The van der Waals surface area contributed by atoms with Crippen molar-refractivity contribution in [3.63, 3.8) is 0 Å². The number of hydrogen-bond donors (Lipinski definition) is 2. The second-order valence-corrected chi connectivity index (χ2v) is 3.83. The largest absolute Gasteiger partial charge is 0.329 e. The van der Waals surface area contributed by atoms with Crippen molar-refractivity contribution in [2.45, 2.75) is 6.42 Å². The molecule has 3 N–H and O–H groups in total. The van der Waals surface area contributed by atoms with E-state index in [1.54, 1.807) is 0 Å². The Balaban J connectivity index is 2.28. The average molecular weight is 243 g/mol. The van der Waals surface area contributed by atoms with Crippen LogP contribution >= 0.6 is 15.9 Å². The second-order valence-electron chi connectivity index (χ2n) is 2.92. The first kappa shape index (κ1) is 10.7. The summed E-state index contributed by atoms with van der Waals surface area (Å²) in [6.45, 7) is 2.60. The molecule has 0 bridgehead atoms. The predicted molar refractivity (Wildman–Crippen MR) is 59.8 cm³/mol. The lowest BCUT2D eigenvalue weighted by molar-refractivity contribution is 0.689. The lowest BCUT2D eigenvalue weighted by Crippen LogP contribution is -2.24. The zero-order valence-electron chi connectivity index (χ0n) is 7.59. The standard InChI is InChI=1S/C10H15BrN2/c11-10-3-1-2-9(8-10)4-6-13-7-5-12/h1-3,8,13H,4-7,12H2. The lowest BCUT2D eigenvalue weighted by Gasteiger charge is -2.03. The van der Waals surface area contributed by atoms with Crippen molar-refractivity contribution in [3.05, 3.63) is 34.3 Å². The molecule has 2 nitrogen and oxygen atoms in total. The summed E-state index contributed by atoms with van der Waals surface area (Å²) in [4.78, 5) is 0. The van der Waals surface area contributed by atoms with Crippen LogP contribution in [0.5, 0.6) is 0 Å². The fraction of sp³-hybridized carbons (Fsp3) is 0.400. The summed E-state index contributed by atoms with van der Waals surface area (Å²) in [7, 11) is 0. The Morgan fingerprint density at radius 3 is 2.85 bits per heavy atom. The molecule has 0 heterocycles. The molecule has 0 unspecified atom stereocenters. The first-order valence-electron chi connectivity index (χ1n) is 4.48. The van der Waals surface area contributed by atoms with Crippen LogP contribution in [0.25, 0.3) is 0 Å². The van der Waals surface area contributed by atoms with Crippen molar-refractivity contribution in [1.82, 2.24) is 5.32 Å². The summed E-state index contributed by atoms with van der Waals surface area (Å²) in [5.41, 5.74) is 6.71. The first-order chi connectivity index (χ1) is 6.33. The van der Waals surface area contributed by atoms with E-state index in [2.05, 4.69) is 39.4 Å². The Labute approximate surface area is 87.6 Å². The van der Waals surface area contributed by atoms with Crippen molar-refractivity contribution in [2.75, 3.05) is 19.6 Å². The number of hydrogen-bond acceptors (Lipinski definition) is 2. The molecule has 0 spiro atoms. The zero-order valence-corrected chi connectivity index (χ0v) is 9.18. The maximum absolute atomic E-state index is 5.36. The summed E-state index contributed by atoms with van der Waals surface area (Å²) in [5.74, 6) is 0. The van der Waals surface area contributed by atoms with Crippen LogP contribution in [0, 0.1) is 0 Å². The third kappa shape index (κ3) is 4.41.